The Hall–Kier alpha value is -1.87. The Labute approximate surface area is 100 Å². The number of pyridine rings is 1. The number of fused-ring (bicyclic) bond motifs is 1. The summed E-state index contributed by atoms with van der Waals surface area (Å²) in [5.74, 6) is 0.650. The molecule has 2 aromatic rings. The first-order valence-corrected chi connectivity index (χ1v) is 5.70. The van der Waals surface area contributed by atoms with Gasteiger partial charge in [0.2, 0.25) is 5.88 Å². The van der Waals surface area contributed by atoms with Crippen LogP contribution in [0.1, 0.15) is 11.1 Å². The SMILES string of the molecule is COc1ccc(-c2ccc3c(c2)CNC3)cn1. The quantitative estimate of drug-likeness (QED) is 0.853. The van der Waals surface area contributed by atoms with Crippen LogP contribution in [0.4, 0.5) is 0 Å². The third-order valence-corrected chi connectivity index (χ3v) is 3.12. The molecule has 3 nitrogen and oxygen atoms in total. The summed E-state index contributed by atoms with van der Waals surface area (Å²) in [7, 11) is 1.63. The monoisotopic (exact) mass is 226 g/mol. The van der Waals surface area contributed by atoms with Crippen molar-refractivity contribution in [3.05, 3.63) is 47.7 Å². The molecule has 1 aromatic heterocycles. The molecule has 1 N–H and O–H groups in total. The van der Waals surface area contributed by atoms with Crippen molar-refractivity contribution in [2.45, 2.75) is 13.1 Å². The number of hydrogen-bond acceptors (Lipinski definition) is 3. The molecule has 3 rings (SSSR count). The van der Waals surface area contributed by atoms with Crippen LogP contribution in [-0.2, 0) is 13.1 Å². The molecule has 0 radical (unpaired) electrons. The van der Waals surface area contributed by atoms with Crippen molar-refractivity contribution in [2.24, 2.45) is 0 Å². The first-order valence-electron chi connectivity index (χ1n) is 5.70. The van der Waals surface area contributed by atoms with Crippen LogP contribution in [-0.4, -0.2) is 12.1 Å². The van der Waals surface area contributed by atoms with E-state index in [1.54, 1.807) is 7.11 Å². The normalized spacial score (nSPS) is 13.5. The van der Waals surface area contributed by atoms with Crippen molar-refractivity contribution in [1.29, 1.82) is 0 Å². The summed E-state index contributed by atoms with van der Waals surface area (Å²) < 4.78 is 5.06. The summed E-state index contributed by atoms with van der Waals surface area (Å²) in [6.07, 6.45) is 1.85. The van der Waals surface area contributed by atoms with Gasteiger partial charge in [-0.25, -0.2) is 4.98 Å². The Kier molecular flexibility index (Phi) is 2.53. The minimum absolute atomic E-state index is 0.650. The lowest BCUT2D eigenvalue weighted by Gasteiger charge is -2.05. The van der Waals surface area contributed by atoms with E-state index in [0.717, 1.165) is 18.7 Å². The van der Waals surface area contributed by atoms with Gasteiger partial charge in [0.25, 0.3) is 0 Å². The molecule has 2 heterocycles. The van der Waals surface area contributed by atoms with Gasteiger partial charge in [-0.1, -0.05) is 12.1 Å². The minimum Gasteiger partial charge on any atom is -0.481 e. The van der Waals surface area contributed by atoms with Crippen LogP contribution in [0.3, 0.4) is 0 Å². The minimum atomic E-state index is 0.650. The van der Waals surface area contributed by atoms with Crippen LogP contribution < -0.4 is 10.1 Å². The van der Waals surface area contributed by atoms with Gasteiger partial charge in [0.1, 0.15) is 0 Å². The van der Waals surface area contributed by atoms with E-state index in [2.05, 4.69) is 28.5 Å². The van der Waals surface area contributed by atoms with Crippen LogP contribution >= 0.6 is 0 Å². The summed E-state index contributed by atoms with van der Waals surface area (Å²) in [6.45, 7) is 1.95. The molecule has 1 aliphatic heterocycles. The number of rotatable bonds is 2. The largest absolute Gasteiger partial charge is 0.481 e. The molecule has 0 bridgehead atoms. The highest BCUT2D eigenvalue weighted by Crippen LogP contribution is 2.25. The summed E-state index contributed by atoms with van der Waals surface area (Å²) in [5, 5.41) is 3.35. The van der Waals surface area contributed by atoms with E-state index in [9.17, 15) is 0 Å². The van der Waals surface area contributed by atoms with E-state index in [-0.39, 0.29) is 0 Å². The standard InChI is InChI=1S/C14H14N2O/c1-17-14-5-4-12(9-16-14)10-2-3-11-7-15-8-13(11)6-10/h2-6,9,15H,7-8H2,1H3. The summed E-state index contributed by atoms with van der Waals surface area (Å²) >= 11 is 0. The Morgan fingerprint density at radius 3 is 2.65 bits per heavy atom. The number of nitrogens with zero attached hydrogens (tertiary/aromatic N) is 1. The smallest absolute Gasteiger partial charge is 0.212 e. The van der Waals surface area contributed by atoms with E-state index in [1.807, 2.05) is 18.3 Å². The van der Waals surface area contributed by atoms with Crippen molar-refractivity contribution in [3.63, 3.8) is 0 Å². The highest BCUT2D eigenvalue weighted by atomic mass is 16.5. The van der Waals surface area contributed by atoms with E-state index in [4.69, 9.17) is 4.74 Å². The van der Waals surface area contributed by atoms with Crippen molar-refractivity contribution >= 4 is 0 Å². The van der Waals surface area contributed by atoms with Gasteiger partial charge in [0.05, 0.1) is 7.11 Å². The number of benzene rings is 1. The molecule has 86 valence electrons. The summed E-state index contributed by atoms with van der Waals surface area (Å²) in [4.78, 5) is 4.23. The Balaban J connectivity index is 1.97. The third-order valence-electron chi connectivity index (χ3n) is 3.12. The molecule has 0 saturated heterocycles. The predicted octanol–water partition coefficient (Wildman–Crippen LogP) is 2.36. The van der Waals surface area contributed by atoms with Gasteiger partial charge < -0.3 is 10.1 Å². The average Bonchev–Trinajstić information content (AvgIpc) is 2.86. The van der Waals surface area contributed by atoms with Crippen molar-refractivity contribution in [2.75, 3.05) is 7.11 Å². The lowest BCUT2D eigenvalue weighted by molar-refractivity contribution is 0.398. The van der Waals surface area contributed by atoms with Gasteiger partial charge in [-0.3, -0.25) is 0 Å². The van der Waals surface area contributed by atoms with Crippen molar-refractivity contribution in [3.8, 4) is 17.0 Å². The molecule has 0 unspecified atom stereocenters. The second-order valence-electron chi connectivity index (χ2n) is 4.18. The lowest BCUT2D eigenvalue weighted by Crippen LogP contribution is -1.99. The van der Waals surface area contributed by atoms with Crippen LogP contribution in [0, 0.1) is 0 Å². The molecule has 0 atom stereocenters. The molecular weight excluding hydrogens is 212 g/mol. The highest BCUT2D eigenvalue weighted by molar-refractivity contribution is 5.64. The van der Waals surface area contributed by atoms with Gasteiger partial charge in [0, 0.05) is 30.9 Å². The zero-order chi connectivity index (χ0) is 11.7. The Morgan fingerprint density at radius 2 is 1.88 bits per heavy atom. The second kappa shape index (κ2) is 4.18. The second-order valence-corrected chi connectivity index (χ2v) is 4.18. The number of hydrogen-bond donors (Lipinski definition) is 1. The van der Waals surface area contributed by atoms with E-state index >= 15 is 0 Å². The number of methoxy groups -OCH3 is 1. The summed E-state index contributed by atoms with van der Waals surface area (Å²) in [5.41, 5.74) is 5.12. The fourth-order valence-electron chi connectivity index (χ4n) is 2.15. The van der Waals surface area contributed by atoms with Gasteiger partial charge in [-0.05, 0) is 28.8 Å². The third kappa shape index (κ3) is 1.89. The number of ether oxygens (including phenoxy) is 1. The van der Waals surface area contributed by atoms with Crippen LogP contribution in [0.25, 0.3) is 11.1 Å². The Bertz CT molecular complexity index is 534. The molecular formula is C14H14N2O. The van der Waals surface area contributed by atoms with E-state index in [0.29, 0.717) is 5.88 Å². The van der Waals surface area contributed by atoms with E-state index in [1.165, 1.54) is 16.7 Å². The fourth-order valence-corrected chi connectivity index (χ4v) is 2.15. The molecule has 0 amide bonds. The molecule has 3 heteroatoms. The molecule has 1 aromatic carbocycles. The van der Waals surface area contributed by atoms with Gasteiger partial charge in [-0.15, -0.1) is 0 Å². The molecule has 0 spiro atoms. The van der Waals surface area contributed by atoms with Gasteiger partial charge in [-0.2, -0.15) is 0 Å². The lowest BCUT2D eigenvalue weighted by atomic mass is 10.0. The van der Waals surface area contributed by atoms with Crippen LogP contribution in [0.15, 0.2) is 36.5 Å². The maximum Gasteiger partial charge on any atom is 0.212 e. The topological polar surface area (TPSA) is 34.1 Å². The van der Waals surface area contributed by atoms with Crippen molar-refractivity contribution < 1.29 is 4.74 Å². The van der Waals surface area contributed by atoms with E-state index < -0.39 is 0 Å². The molecule has 0 fully saturated rings. The Morgan fingerprint density at radius 1 is 1.06 bits per heavy atom. The fraction of sp³-hybridized carbons (Fsp3) is 0.214. The maximum absolute atomic E-state index is 5.06. The number of aromatic nitrogens is 1. The maximum atomic E-state index is 5.06. The molecule has 0 aliphatic carbocycles. The van der Waals surface area contributed by atoms with Gasteiger partial charge in [0.15, 0.2) is 0 Å². The van der Waals surface area contributed by atoms with Crippen molar-refractivity contribution in [1.82, 2.24) is 10.3 Å². The molecule has 0 saturated carbocycles. The molecule has 1 aliphatic rings. The zero-order valence-electron chi connectivity index (χ0n) is 9.73. The average molecular weight is 226 g/mol. The number of nitrogens with one attached hydrogen (secondary N) is 1. The predicted molar refractivity (Wildman–Crippen MR) is 66.8 cm³/mol. The summed E-state index contributed by atoms with van der Waals surface area (Å²) in [6, 6.07) is 10.5. The van der Waals surface area contributed by atoms with Crippen LogP contribution in [0.2, 0.25) is 0 Å². The first-order chi connectivity index (χ1) is 8.36. The molecule has 17 heavy (non-hydrogen) atoms. The zero-order valence-corrected chi connectivity index (χ0v) is 9.73. The first kappa shape index (κ1) is 10.3. The van der Waals surface area contributed by atoms with Gasteiger partial charge >= 0.3 is 0 Å². The van der Waals surface area contributed by atoms with Crippen LogP contribution in [0.5, 0.6) is 5.88 Å². The highest BCUT2D eigenvalue weighted by Gasteiger charge is 2.10.